The summed E-state index contributed by atoms with van der Waals surface area (Å²) in [5.74, 6) is 0.176. The summed E-state index contributed by atoms with van der Waals surface area (Å²) >= 11 is 0. The van der Waals surface area contributed by atoms with Crippen LogP contribution in [0.1, 0.15) is 59.3 Å². The highest BCUT2D eigenvalue weighted by molar-refractivity contribution is 5.75. The number of nitrogens with one attached hydrogen (secondary N) is 2. The molecule has 3 nitrogen and oxygen atoms in total. The highest BCUT2D eigenvalue weighted by Crippen LogP contribution is 2.34. The van der Waals surface area contributed by atoms with Crippen LogP contribution in [0, 0.1) is 5.41 Å². The molecule has 2 N–H and O–H groups in total. The van der Waals surface area contributed by atoms with Gasteiger partial charge in [0.05, 0.1) is 0 Å². The highest BCUT2D eigenvalue weighted by atomic mass is 16.1. The van der Waals surface area contributed by atoms with Gasteiger partial charge in [0.1, 0.15) is 0 Å². The quantitative estimate of drug-likeness (QED) is 0.749. The van der Waals surface area contributed by atoms with E-state index in [1.165, 1.54) is 25.7 Å². The van der Waals surface area contributed by atoms with Crippen LogP contribution in [-0.2, 0) is 4.79 Å². The molecule has 0 unspecified atom stereocenters. The van der Waals surface area contributed by atoms with E-state index in [0.29, 0.717) is 17.9 Å². The lowest BCUT2D eigenvalue weighted by Gasteiger charge is -2.34. The molecule has 1 aliphatic rings. The van der Waals surface area contributed by atoms with Crippen molar-refractivity contribution in [3.8, 4) is 0 Å². The van der Waals surface area contributed by atoms with Gasteiger partial charge in [-0.2, -0.15) is 0 Å². The Morgan fingerprint density at radius 2 is 1.88 bits per heavy atom. The molecule has 0 saturated heterocycles. The van der Waals surface area contributed by atoms with E-state index in [0.717, 1.165) is 19.5 Å². The average molecular weight is 240 g/mol. The Balaban J connectivity index is 2.06. The second-order valence-corrected chi connectivity index (χ2v) is 5.99. The Morgan fingerprint density at radius 3 is 2.47 bits per heavy atom. The van der Waals surface area contributed by atoms with Crippen LogP contribution in [0.15, 0.2) is 0 Å². The molecule has 1 aliphatic carbocycles. The standard InChI is InChI=1S/C14H28N2O/c1-4-10-16-13(17)7-11-15-12-5-8-14(2,3)9-6-12/h12,15H,4-11H2,1-3H3,(H,16,17). The topological polar surface area (TPSA) is 41.1 Å². The number of hydrogen-bond donors (Lipinski definition) is 2. The van der Waals surface area contributed by atoms with Crippen LogP contribution in [0.5, 0.6) is 0 Å². The molecular formula is C14H28N2O. The zero-order valence-corrected chi connectivity index (χ0v) is 11.6. The number of amides is 1. The summed E-state index contributed by atoms with van der Waals surface area (Å²) in [4.78, 5) is 11.4. The van der Waals surface area contributed by atoms with E-state index in [1.54, 1.807) is 0 Å². The molecule has 1 saturated carbocycles. The van der Waals surface area contributed by atoms with Gasteiger partial charge in [0.15, 0.2) is 0 Å². The number of carbonyl (C=O) groups is 1. The average Bonchev–Trinajstić information content (AvgIpc) is 2.29. The van der Waals surface area contributed by atoms with Gasteiger partial charge in [-0.1, -0.05) is 20.8 Å². The van der Waals surface area contributed by atoms with Crippen molar-refractivity contribution in [1.82, 2.24) is 10.6 Å². The smallest absolute Gasteiger partial charge is 0.221 e. The molecule has 0 heterocycles. The van der Waals surface area contributed by atoms with Crippen LogP contribution in [0.2, 0.25) is 0 Å². The van der Waals surface area contributed by atoms with Gasteiger partial charge >= 0.3 is 0 Å². The first kappa shape index (κ1) is 14.5. The zero-order valence-electron chi connectivity index (χ0n) is 11.6. The van der Waals surface area contributed by atoms with Gasteiger partial charge in [0.25, 0.3) is 0 Å². The third-order valence-electron chi connectivity index (χ3n) is 3.70. The fourth-order valence-electron chi connectivity index (χ4n) is 2.35. The Bertz CT molecular complexity index is 228. The maximum atomic E-state index is 11.4. The molecule has 1 fully saturated rings. The summed E-state index contributed by atoms with van der Waals surface area (Å²) in [6, 6.07) is 0.627. The van der Waals surface area contributed by atoms with E-state index >= 15 is 0 Å². The minimum absolute atomic E-state index is 0.176. The third-order valence-corrected chi connectivity index (χ3v) is 3.70. The van der Waals surface area contributed by atoms with Crippen molar-refractivity contribution in [2.75, 3.05) is 13.1 Å². The van der Waals surface area contributed by atoms with Crippen molar-refractivity contribution >= 4 is 5.91 Å². The first-order valence-corrected chi connectivity index (χ1v) is 7.03. The first-order valence-electron chi connectivity index (χ1n) is 7.03. The summed E-state index contributed by atoms with van der Waals surface area (Å²) in [7, 11) is 0. The highest BCUT2D eigenvalue weighted by Gasteiger charge is 2.26. The van der Waals surface area contributed by atoms with Crippen LogP contribution in [0.25, 0.3) is 0 Å². The summed E-state index contributed by atoms with van der Waals surface area (Å²) in [5, 5.41) is 6.41. The molecule has 1 amide bonds. The molecule has 0 aliphatic heterocycles. The van der Waals surface area contributed by atoms with Gasteiger partial charge in [-0.05, 0) is 37.5 Å². The van der Waals surface area contributed by atoms with E-state index in [9.17, 15) is 4.79 Å². The van der Waals surface area contributed by atoms with Gasteiger partial charge in [0, 0.05) is 25.6 Å². The SMILES string of the molecule is CCCNC(=O)CCNC1CCC(C)(C)CC1. The molecule has 17 heavy (non-hydrogen) atoms. The molecule has 0 aromatic heterocycles. The van der Waals surface area contributed by atoms with E-state index in [1.807, 2.05) is 0 Å². The van der Waals surface area contributed by atoms with Gasteiger partial charge in [-0.3, -0.25) is 4.79 Å². The second kappa shape index (κ2) is 7.00. The fraction of sp³-hybridized carbons (Fsp3) is 0.929. The molecule has 0 atom stereocenters. The summed E-state index contributed by atoms with van der Waals surface area (Å²) in [6.45, 7) is 8.39. The van der Waals surface area contributed by atoms with Gasteiger partial charge in [0.2, 0.25) is 5.91 Å². The minimum atomic E-state index is 0.176. The van der Waals surface area contributed by atoms with E-state index in [4.69, 9.17) is 0 Å². The van der Waals surface area contributed by atoms with Crippen LogP contribution >= 0.6 is 0 Å². The molecule has 0 aromatic carbocycles. The third kappa shape index (κ3) is 6.06. The Morgan fingerprint density at radius 1 is 1.24 bits per heavy atom. The van der Waals surface area contributed by atoms with Gasteiger partial charge < -0.3 is 10.6 Å². The maximum absolute atomic E-state index is 11.4. The fourth-order valence-corrected chi connectivity index (χ4v) is 2.35. The predicted octanol–water partition coefficient (Wildman–Crippen LogP) is 2.46. The predicted molar refractivity (Wildman–Crippen MR) is 72.0 cm³/mol. The Labute approximate surface area is 106 Å². The monoisotopic (exact) mass is 240 g/mol. The molecule has 0 bridgehead atoms. The minimum Gasteiger partial charge on any atom is -0.356 e. The molecule has 0 radical (unpaired) electrons. The first-order chi connectivity index (χ1) is 8.03. The maximum Gasteiger partial charge on any atom is 0.221 e. The summed E-state index contributed by atoms with van der Waals surface area (Å²) in [6.07, 6.45) is 6.73. The van der Waals surface area contributed by atoms with Crippen molar-refractivity contribution in [3.05, 3.63) is 0 Å². The van der Waals surface area contributed by atoms with Crippen LogP contribution < -0.4 is 10.6 Å². The van der Waals surface area contributed by atoms with Crippen molar-refractivity contribution in [3.63, 3.8) is 0 Å². The molecular weight excluding hydrogens is 212 g/mol. The van der Waals surface area contributed by atoms with E-state index < -0.39 is 0 Å². The van der Waals surface area contributed by atoms with Crippen LogP contribution in [0.3, 0.4) is 0 Å². The van der Waals surface area contributed by atoms with Crippen molar-refractivity contribution < 1.29 is 4.79 Å². The number of rotatable bonds is 6. The zero-order chi connectivity index (χ0) is 12.7. The Kier molecular flexibility index (Phi) is 5.96. The van der Waals surface area contributed by atoms with E-state index in [2.05, 4.69) is 31.4 Å². The van der Waals surface area contributed by atoms with Gasteiger partial charge in [-0.25, -0.2) is 0 Å². The van der Waals surface area contributed by atoms with Crippen molar-refractivity contribution in [2.24, 2.45) is 5.41 Å². The van der Waals surface area contributed by atoms with Crippen molar-refractivity contribution in [2.45, 2.75) is 65.3 Å². The lowest BCUT2D eigenvalue weighted by Crippen LogP contribution is -2.37. The number of carbonyl (C=O) groups excluding carboxylic acids is 1. The number of hydrogen-bond acceptors (Lipinski definition) is 2. The molecule has 0 spiro atoms. The lowest BCUT2D eigenvalue weighted by molar-refractivity contribution is -0.121. The lowest BCUT2D eigenvalue weighted by atomic mass is 9.75. The van der Waals surface area contributed by atoms with Crippen LogP contribution in [-0.4, -0.2) is 25.0 Å². The van der Waals surface area contributed by atoms with Crippen LogP contribution in [0.4, 0.5) is 0 Å². The summed E-state index contributed by atoms with van der Waals surface area (Å²) in [5.41, 5.74) is 0.524. The Hall–Kier alpha value is -0.570. The second-order valence-electron chi connectivity index (χ2n) is 5.99. The molecule has 1 rings (SSSR count). The molecule has 100 valence electrons. The molecule has 0 aromatic rings. The van der Waals surface area contributed by atoms with Gasteiger partial charge in [-0.15, -0.1) is 0 Å². The molecule has 3 heteroatoms. The largest absolute Gasteiger partial charge is 0.356 e. The summed E-state index contributed by atoms with van der Waals surface area (Å²) < 4.78 is 0. The van der Waals surface area contributed by atoms with E-state index in [-0.39, 0.29) is 5.91 Å². The van der Waals surface area contributed by atoms with Crippen molar-refractivity contribution in [1.29, 1.82) is 0 Å². The normalized spacial score (nSPS) is 20.2.